The van der Waals surface area contributed by atoms with Gasteiger partial charge in [-0.05, 0) is 52.2 Å². The minimum Gasteiger partial charge on any atom is -0.444 e. The Kier molecular flexibility index (Phi) is 13.9. The number of rotatable bonds is 8. The molecule has 1 unspecified atom stereocenters. The summed E-state index contributed by atoms with van der Waals surface area (Å²) < 4.78 is 5.20. The molecule has 2 amide bonds. The molecule has 1 atom stereocenters. The molecular formula is C30H44ClN3O4. The van der Waals surface area contributed by atoms with E-state index in [0.29, 0.717) is 25.3 Å². The van der Waals surface area contributed by atoms with Crippen LogP contribution in [0.1, 0.15) is 66.9 Å². The summed E-state index contributed by atoms with van der Waals surface area (Å²) >= 11 is 5.82. The number of benzene rings is 1. The van der Waals surface area contributed by atoms with Gasteiger partial charge in [0.25, 0.3) is 0 Å². The predicted octanol–water partition coefficient (Wildman–Crippen LogP) is 6.29. The van der Waals surface area contributed by atoms with Crippen molar-refractivity contribution in [1.82, 2.24) is 15.1 Å². The van der Waals surface area contributed by atoms with E-state index in [1.54, 1.807) is 45.6 Å². The lowest BCUT2D eigenvalue weighted by Gasteiger charge is -2.38. The molecule has 0 aliphatic carbocycles. The quantitative estimate of drug-likeness (QED) is 0.388. The maximum atomic E-state index is 12.5. The Labute approximate surface area is 233 Å². The maximum Gasteiger partial charge on any atom is 0.408 e. The molecular weight excluding hydrogens is 502 g/mol. The molecule has 2 rings (SSSR count). The summed E-state index contributed by atoms with van der Waals surface area (Å²) in [6.07, 6.45) is 7.29. The third kappa shape index (κ3) is 12.0. The van der Waals surface area contributed by atoms with Gasteiger partial charge in [-0.25, -0.2) is 4.79 Å². The number of hydrogen-bond acceptors (Lipinski definition) is 5. The number of nitrogens with one attached hydrogen (secondary N) is 1. The fourth-order valence-electron chi connectivity index (χ4n) is 3.63. The van der Waals surface area contributed by atoms with E-state index in [1.165, 1.54) is 11.6 Å². The molecule has 1 saturated heterocycles. The molecule has 8 heteroatoms. The second kappa shape index (κ2) is 16.0. The monoisotopic (exact) mass is 545 g/mol. The fourth-order valence-corrected chi connectivity index (χ4v) is 3.90. The normalized spacial score (nSPS) is 15.1. The third-order valence-corrected chi connectivity index (χ3v) is 5.92. The average Bonchev–Trinajstić information content (AvgIpc) is 2.82. The van der Waals surface area contributed by atoms with Gasteiger partial charge in [0.1, 0.15) is 5.60 Å². The van der Waals surface area contributed by atoms with Gasteiger partial charge >= 0.3 is 6.09 Å². The molecule has 7 nitrogen and oxygen atoms in total. The first-order valence-electron chi connectivity index (χ1n) is 13.1. The first kappa shape index (κ1) is 33.0. The molecule has 0 saturated carbocycles. The fraction of sp³-hybridized carbons (Fsp3) is 0.500. The highest BCUT2D eigenvalue weighted by atomic mass is 35.5. The number of ether oxygens (including phenoxy) is 1. The van der Waals surface area contributed by atoms with Crippen LogP contribution in [-0.2, 0) is 20.7 Å². The number of allylic oxidation sites excluding steroid dienone is 2. The molecule has 38 heavy (non-hydrogen) atoms. The second-order valence-electron chi connectivity index (χ2n) is 10.2. The number of nitrogens with zero attached hydrogens (tertiary/aromatic N) is 2. The van der Waals surface area contributed by atoms with Gasteiger partial charge in [-0.2, -0.15) is 0 Å². The molecule has 0 spiro atoms. The van der Waals surface area contributed by atoms with Crippen molar-refractivity contribution in [2.24, 2.45) is 0 Å². The van der Waals surface area contributed by atoms with Crippen molar-refractivity contribution in [2.45, 2.75) is 79.4 Å². The Hall–Kier alpha value is -3.06. The maximum absolute atomic E-state index is 12.5. The van der Waals surface area contributed by atoms with E-state index in [2.05, 4.69) is 25.7 Å². The van der Waals surface area contributed by atoms with Gasteiger partial charge in [0.05, 0.1) is 12.2 Å². The first-order valence-corrected chi connectivity index (χ1v) is 13.5. The molecule has 0 bridgehead atoms. The number of amides is 2. The Morgan fingerprint density at radius 3 is 2.34 bits per heavy atom. The number of carbonyl (C=O) groups is 3. The highest BCUT2D eigenvalue weighted by Gasteiger charge is 2.26. The van der Waals surface area contributed by atoms with Crippen LogP contribution < -0.4 is 5.32 Å². The zero-order valence-corrected chi connectivity index (χ0v) is 24.7. The molecule has 1 fully saturated rings. The standard InChI is InChI=1S/C22H35N3O4.C8H9Cl/c1-8-9-10-19(18(4)26)25-14-13-24(15-17(25)3)20(27)12-11-16(2)23-21(28)29-22(5,6)7;1-2-7-5-3-4-6-8(7)9/h10-12,16H,3,8-9,13-15H2,1-2,4-7H3,(H,23,28);3-6H,2H2,1H3/b12-11+,19-10-;. The van der Waals surface area contributed by atoms with Crippen molar-refractivity contribution in [2.75, 3.05) is 19.6 Å². The van der Waals surface area contributed by atoms with Crippen LogP contribution in [0.2, 0.25) is 5.02 Å². The van der Waals surface area contributed by atoms with Crippen LogP contribution in [-0.4, -0.2) is 58.9 Å². The number of unbranched alkanes of at least 4 members (excludes halogenated alkanes) is 1. The van der Waals surface area contributed by atoms with Gasteiger partial charge in [0.2, 0.25) is 5.91 Å². The van der Waals surface area contributed by atoms with Gasteiger partial charge in [-0.15, -0.1) is 0 Å². The summed E-state index contributed by atoms with van der Waals surface area (Å²) in [6.45, 7) is 18.3. The summed E-state index contributed by atoms with van der Waals surface area (Å²) in [5.74, 6) is -0.160. The Balaban J connectivity index is 0.000000671. The highest BCUT2D eigenvalue weighted by molar-refractivity contribution is 6.31. The zero-order chi connectivity index (χ0) is 28.9. The van der Waals surface area contributed by atoms with Crippen molar-refractivity contribution < 1.29 is 19.1 Å². The van der Waals surface area contributed by atoms with Crippen molar-refractivity contribution in [3.05, 3.63) is 71.1 Å². The summed E-state index contributed by atoms with van der Waals surface area (Å²) in [4.78, 5) is 39.8. The van der Waals surface area contributed by atoms with E-state index in [1.807, 2.05) is 35.2 Å². The van der Waals surface area contributed by atoms with E-state index in [9.17, 15) is 14.4 Å². The molecule has 1 aromatic carbocycles. The number of piperazine rings is 1. The van der Waals surface area contributed by atoms with Gasteiger partial charge in [-0.3, -0.25) is 9.59 Å². The molecule has 0 radical (unpaired) electrons. The van der Waals surface area contributed by atoms with E-state index < -0.39 is 11.7 Å². The van der Waals surface area contributed by atoms with Gasteiger partial charge in [-0.1, -0.05) is 68.8 Å². The Morgan fingerprint density at radius 1 is 1.18 bits per heavy atom. The van der Waals surface area contributed by atoms with Crippen molar-refractivity contribution in [1.29, 1.82) is 0 Å². The predicted molar refractivity (Wildman–Crippen MR) is 155 cm³/mol. The molecule has 1 aromatic rings. The van der Waals surface area contributed by atoms with Gasteiger partial charge < -0.3 is 19.9 Å². The minimum atomic E-state index is -0.576. The Bertz CT molecular complexity index is 1030. The van der Waals surface area contributed by atoms with Crippen LogP contribution >= 0.6 is 11.6 Å². The first-order chi connectivity index (χ1) is 17.8. The van der Waals surface area contributed by atoms with E-state index in [4.69, 9.17) is 16.3 Å². The summed E-state index contributed by atoms with van der Waals surface area (Å²) in [5.41, 5.74) is 2.01. The van der Waals surface area contributed by atoms with Gasteiger partial charge in [0.15, 0.2) is 5.78 Å². The lowest BCUT2D eigenvalue weighted by atomic mass is 10.1. The molecule has 1 N–H and O–H groups in total. The summed E-state index contributed by atoms with van der Waals surface area (Å²) in [6, 6.07) is 7.56. The number of alkyl carbamates (subject to hydrolysis) is 1. The topological polar surface area (TPSA) is 79.0 Å². The largest absolute Gasteiger partial charge is 0.444 e. The number of ketones is 1. The van der Waals surface area contributed by atoms with Crippen LogP contribution in [0.15, 0.2) is 60.5 Å². The van der Waals surface area contributed by atoms with Crippen LogP contribution in [0.3, 0.4) is 0 Å². The SMILES string of the molecule is C=C1CN(C(=O)/C=C/C(C)NC(=O)OC(C)(C)C)CCN1/C(=C\CCC)C(C)=O.CCc1ccccc1Cl. The van der Waals surface area contributed by atoms with Crippen LogP contribution in [0.25, 0.3) is 0 Å². The number of hydrogen-bond donors (Lipinski definition) is 1. The van der Waals surface area contributed by atoms with Crippen molar-refractivity contribution in [3.8, 4) is 0 Å². The van der Waals surface area contributed by atoms with Crippen LogP contribution in [0.5, 0.6) is 0 Å². The smallest absolute Gasteiger partial charge is 0.408 e. The van der Waals surface area contributed by atoms with Crippen LogP contribution in [0.4, 0.5) is 4.79 Å². The molecule has 0 aromatic heterocycles. The lowest BCUT2D eigenvalue weighted by molar-refractivity contribution is -0.126. The van der Waals surface area contributed by atoms with Gasteiger partial charge in [0, 0.05) is 42.9 Å². The Morgan fingerprint density at radius 2 is 1.84 bits per heavy atom. The molecule has 1 aliphatic heterocycles. The number of halogens is 1. The lowest BCUT2D eigenvalue weighted by Crippen LogP contribution is -2.47. The zero-order valence-electron chi connectivity index (χ0n) is 24.0. The molecule has 1 aliphatic rings. The van der Waals surface area contributed by atoms with Crippen molar-refractivity contribution in [3.63, 3.8) is 0 Å². The van der Waals surface area contributed by atoms with E-state index in [-0.39, 0.29) is 17.7 Å². The summed E-state index contributed by atoms with van der Waals surface area (Å²) in [7, 11) is 0. The molecule has 210 valence electrons. The van der Waals surface area contributed by atoms with Crippen molar-refractivity contribution >= 4 is 29.4 Å². The average molecular weight is 546 g/mol. The van der Waals surface area contributed by atoms with E-state index >= 15 is 0 Å². The molecule has 1 heterocycles. The third-order valence-electron chi connectivity index (χ3n) is 5.55. The number of Topliss-reactive ketones (excluding diaryl/α,β-unsaturated/α-hetero) is 1. The number of aryl methyl sites for hydroxylation is 1. The van der Waals surface area contributed by atoms with E-state index in [0.717, 1.165) is 30.0 Å². The minimum absolute atomic E-state index is 0.00122. The van der Waals surface area contributed by atoms with Crippen LogP contribution in [0, 0.1) is 0 Å². The number of carbonyl (C=O) groups excluding carboxylic acids is 3. The highest BCUT2D eigenvalue weighted by Crippen LogP contribution is 2.20. The summed E-state index contributed by atoms with van der Waals surface area (Å²) in [5, 5.41) is 3.54. The second-order valence-corrected chi connectivity index (χ2v) is 10.6.